The molecule has 16 heavy (non-hydrogen) atoms. The zero-order valence-electron chi connectivity index (χ0n) is 14.4. The Labute approximate surface area is 99.5 Å². The van der Waals surface area contributed by atoms with Gasteiger partial charge in [-0.25, -0.2) is 0 Å². The fourth-order valence-electron chi connectivity index (χ4n) is 2.18. The molecule has 2 aliphatic heterocycles. The summed E-state index contributed by atoms with van der Waals surface area (Å²) in [6.07, 6.45) is 1.75. The molecule has 1 fully saturated rings. The first-order valence-corrected chi connectivity index (χ1v) is 4.93. The molecule has 0 aromatic rings. The van der Waals surface area contributed by atoms with E-state index in [0.29, 0.717) is 6.29 Å². The van der Waals surface area contributed by atoms with Gasteiger partial charge < -0.3 is 15.0 Å². The largest absolute Gasteiger partial charge is 1.00 e. The van der Waals surface area contributed by atoms with Crippen LogP contribution in [0.4, 0.5) is 13.2 Å². The number of carbonyl (C=O) groups excluding carboxylic acids is 1. The monoisotopic (exact) mass is 238 g/mol. The average Bonchev–Trinajstić information content (AvgIpc) is 2.43. The predicted octanol–water partition coefficient (Wildman–Crippen LogP) is 2.21. The summed E-state index contributed by atoms with van der Waals surface area (Å²) in [5.41, 5.74) is -2.14. The lowest BCUT2D eigenvalue weighted by molar-refractivity contribution is -0.225. The third-order valence-electron chi connectivity index (χ3n) is 3.00. The lowest BCUT2D eigenvalue weighted by Gasteiger charge is -2.40. The van der Waals surface area contributed by atoms with Gasteiger partial charge in [0.1, 0.15) is 6.29 Å². The lowest BCUT2D eigenvalue weighted by Crippen LogP contribution is -2.62. The smallest absolute Gasteiger partial charge is 0.361 e. The van der Waals surface area contributed by atoms with E-state index in [-0.39, 0.29) is 21.4 Å². The fraction of sp³-hybridized carbons (Fsp3) is 0.500. The normalized spacial score (nSPS) is 33.2. The Morgan fingerprint density at radius 1 is 1.50 bits per heavy atom. The number of hydrogen-bond acceptors (Lipinski definition) is 3. The summed E-state index contributed by atoms with van der Waals surface area (Å²) in [5.74, 6) is 0. The van der Waals surface area contributed by atoms with Crippen LogP contribution in [0.15, 0.2) is 24.6 Å². The first-order chi connectivity index (χ1) is 7.51. The van der Waals surface area contributed by atoms with E-state index < -0.39 is 17.9 Å². The molecule has 1 saturated heterocycles. The maximum atomic E-state index is 13.1. The van der Waals surface area contributed by atoms with Gasteiger partial charge in [0.05, 0.1) is 6.04 Å². The lowest BCUT2D eigenvalue weighted by atomic mass is 10.1. The van der Waals surface area contributed by atoms with E-state index in [4.69, 9.17) is 0 Å². The number of allylic oxidation sites excluding steroid dienone is 2. The Balaban J connectivity index is -0.000000161. The molecule has 0 aromatic carbocycles. The van der Waals surface area contributed by atoms with Gasteiger partial charge in [0.25, 0.3) is 0 Å². The van der Waals surface area contributed by atoms with Crippen molar-refractivity contribution in [2.75, 3.05) is 0 Å². The molecular weight excluding hydrogens is 221 g/mol. The predicted molar refractivity (Wildman–Crippen MR) is 57.8 cm³/mol. The van der Waals surface area contributed by atoms with Crippen molar-refractivity contribution in [1.82, 2.24) is 10.2 Å². The third-order valence-corrected chi connectivity index (χ3v) is 3.00. The molecule has 2 rings (SSSR count). The number of nitrogens with one attached hydrogen (secondary N) is 1. The zero-order chi connectivity index (χ0) is 11.8. The van der Waals surface area contributed by atoms with E-state index >= 15 is 0 Å². The number of hydrogen-bond donors (Lipinski definition) is 1. The van der Waals surface area contributed by atoms with Gasteiger partial charge in [-0.3, -0.25) is 0 Å². The van der Waals surface area contributed by atoms with Crippen molar-refractivity contribution in [3.63, 3.8) is 0 Å². The molecule has 6 heteroatoms. The van der Waals surface area contributed by atoms with Gasteiger partial charge in [-0.2, -0.15) is 13.2 Å². The van der Waals surface area contributed by atoms with Crippen LogP contribution in [0.2, 0.25) is 0 Å². The topological polar surface area (TPSA) is 32.3 Å². The Hall–Kier alpha value is -1.46. The highest BCUT2D eigenvalue weighted by Gasteiger charge is 2.62. The van der Waals surface area contributed by atoms with Crippen molar-refractivity contribution >= 4 is 6.29 Å². The van der Waals surface area contributed by atoms with Crippen LogP contribution in [0, 0.1) is 0 Å². The van der Waals surface area contributed by atoms with Gasteiger partial charge in [-0.15, -0.1) is 0 Å². The number of alkyl halides is 3. The number of carbonyl (C=O) groups is 1. The van der Waals surface area contributed by atoms with Crippen molar-refractivity contribution in [2.45, 2.75) is 30.7 Å². The minimum atomic E-state index is -4.43. The molecule has 3 nitrogen and oxygen atoms in total. The van der Waals surface area contributed by atoms with Crippen LogP contribution in [0.5, 0.6) is 0 Å². The second-order valence-corrected chi connectivity index (χ2v) is 3.85. The molecule has 0 aromatic heterocycles. The van der Waals surface area contributed by atoms with E-state index in [9.17, 15) is 18.0 Å². The SMILES string of the molecule is O=CC1CCC2(C(F)(F)F)NC=CC=CN12.[H+].[H+].[H+].[H+].[H+].[H+]. The van der Waals surface area contributed by atoms with E-state index in [2.05, 4.69) is 5.32 Å². The molecule has 2 heterocycles. The zero-order valence-corrected chi connectivity index (χ0v) is 8.37. The quantitative estimate of drug-likeness (QED) is 0.711. The summed E-state index contributed by atoms with van der Waals surface area (Å²) in [4.78, 5) is 11.8. The van der Waals surface area contributed by atoms with Gasteiger partial charge >= 0.3 is 14.7 Å². The maximum Gasteiger partial charge on any atom is 1.00 e. The summed E-state index contributed by atoms with van der Waals surface area (Å²) in [5, 5.41) is 2.36. The van der Waals surface area contributed by atoms with Crippen LogP contribution in [-0.4, -0.2) is 29.1 Å². The summed E-state index contributed by atoms with van der Waals surface area (Å²) in [6, 6.07) is -0.717. The minimum absolute atomic E-state index is 0. The molecule has 0 amide bonds. The fourth-order valence-corrected chi connectivity index (χ4v) is 2.18. The molecule has 2 aliphatic rings. The van der Waals surface area contributed by atoms with Gasteiger partial charge in [-0.05, 0) is 24.8 Å². The third kappa shape index (κ3) is 1.40. The number of fused-ring (bicyclic) bond motifs is 1. The number of rotatable bonds is 1. The molecule has 0 aliphatic carbocycles. The Morgan fingerprint density at radius 3 is 2.88 bits per heavy atom. The van der Waals surface area contributed by atoms with Crippen molar-refractivity contribution in [3.05, 3.63) is 24.6 Å². The Kier molecular flexibility index (Phi) is 2.44. The van der Waals surface area contributed by atoms with Crippen molar-refractivity contribution in [3.8, 4) is 0 Å². The molecule has 1 N–H and O–H groups in total. The maximum absolute atomic E-state index is 13.1. The van der Waals surface area contributed by atoms with Gasteiger partial charge in [0.2, 0.25) is 5.66 Å². The summed E-state index contributed by atoms with van der Waals surface area (Å²) in [6.45, 7) is 0. The van der Waals surface area contributed by atoms with Crippen LogP contribution < -0.4 is 5.32 Å². The first kappa shape index (κ1) is 11.0. The van der Waals surface area contributed by atoms with E-state index in [1.165, 1.54) is 24.6 Å². The van der Waals surface area contributed by atoms with Crippen molar-refractivity contribution in [2.24, 2.45) is 0 Å². The second kappa shape index (κ2) is 3.54. The number of aldehydes is 1. The van der Waals surface area contributed by atoms with E-state index in [1.807, 2.05) is 0 Å². The van der Waals surface area contributed by atoms with E-state index in [0.717, 1.165) is 4.90 Å². The van der Waals surface area contributed by atoms with Gasteiger partial charge in [0.15, 0.2) is 0 Å². The molecule has 88 valence electrons. The van der Waals surface area contributed by atoms with E-state index in [1.54, 1.807) is 0 Å². The summed E-state index contributed by atoms with van der Waals surface area (Å²) < 4.78 is 39.3. The minimum Gasteiger partial charge on any atom is -0.361 e. The average molecular weight is 238 g/mol. The molecule has 0 spiro atoms. The van der Waals surface area contributed by atoms with Crippen LogP contribution in [0.25, 0.3) is 0 Å². The molecule has 2 atom stereocenters. The van der Waals surface area contributed by atoms with Gasteiger partial charge in [-0.1, -0.05) is 0 Å². The second-order valence-electron chi connectivity index (χ2n) is 3.85. The van der Waals surface area contributed by atoms with Crippen LogP contribution >= 0.6 is 0 Å². The first-order valence-electron chi connectivity index (χ1n) is 4.93. The number of halogens is 3. The Bertz CT molecular complexity index is 369. The highest BCUT2D eigenvalue weighted by molar-refractivity contribution is 5.59. The molecule has 2 unspecified atom stereocenters. The standard InChI is InChI=1S/C10H11F3N2O/c11-10(12,13)9-4-3-8(7-16)15(9)6-2-1-5-14-9/h1-2,5-8,14H,3-4H2/p+6. The summed E-state index contributed by atoms with van der Waals surface area (Å²) >= 11 is 0. The highest BCUT2D eigenvalue weighted by Crippen LogP contribution is 2.44. The Morgan fingerprint density at radius 2 is 2.25 bits per heavy atom. The van der Waals surface area contributed by atoms with Gasteiger partial charge in [0, 0.05) is 12.6 Å². The molecular formula is C10H17F3N2O+6. The van der Waals surface area contributed by atoms with Crippen LogP contribution in [0.1, 0.15) is 21.4 Å². The van der Waals surface area contributed by atoms with Crippen molar-refractivity contribution < 1.29 is 26.5 Å². The van der Waals surface area contributed by atoms with Crippen LogP contribution in [-0.2, 0) is 4.79 Å². The molecule has 0 saturated carbocycles. The molecule has 0 radical (unpaired) electrons. The van der Waals surface area contributed by atoms with Crippen LogP contribution in [0.3, 0.4) is 0 Å². The summed E-state index contributed by atoms with van der Waals surface area (Å²) in [7, 11) is 0. The number of nitrogens with zero attached hydrogens (tertiary/aromatic N) is 1. The van der Waals surface area contributed by atoms with Crippen molar-refractivity contribution in [1.29, 1.82) is 0 Å². The molecule has 0 bridgehead atoms. The highest BCUT2D eigenvalue weighted by atomic mass is 19.4.